The maximum atomic E-state index is 10.1. The van der Waals surface area contributed by atoms with Crippen LogP contribution in [-0.4, -0.2) is 17.4 Å². The van der Waals surface area contributed by atoms with Gasteiger partial charge in [-0.3, -0.25) is 0 Å². The van der Waals surface area contributed by atoms with E-state index in [1.807, 2.05) is 0 Å². The number of carboxylic acid groups (broad SMARTS) is 2. The Bertz CT molecular complexity index is 1490. The van der Waals surface area contributed by atoms with Crippen molar-refractivity contribution in [3.05, 3.63) is 156 Å². The first kappa shape index (κ1) is 34.3. The van der Waals surface area contributed by atoms with E-state index >= 15 is 0 Å². The van der Waals surface area contributed by atoms with Crippen LogP contribution in [-0.2, 0) is 23.3 Å². The first-order chi connectivity index (χ1) is 20.1. The minimum absolute atomic E-state index is 0.210. The van der Waals surface area contributed by atoms with Crippen molar-refractivity contribution in [1.82, 2.24) is 0 Å². The number of aromatic carboxylic acids is 2. The smallest absolute Gasteiger partial charge is 0.0715 e. The Morgan fingerprint density at radius 3 is 1.12 bits per heavy atom. The van der Waals surface area contributed by atoms with Crippen molar-refractivity contribution in [3.63, 3.8) is 0 Å². The van der Waals surface area contributed by atoms with Crippen LogP contribution in [0, 0.1) is 13.8 Å². The number of benzene rings is 4. The van der Waals surface area contributed by atoms with Crippen LogP contribution in [0.2, 0.25) is 13.1 Å². The SMILES string of the molecule is C[Si](C)=[Zr+2].Cc1cc2ccccc2[cH-]1.Cc1cc2ccccc2[cH-]1.O=C([O-])c1ccccc1.O=C([O-])c1ccccc1. The summed E-state index contributed by atoms with van der Waals surface area (Å²) in [7, 11) is 0. The van der Waals surface area contributed by atoms with E-state index in [0.717, 1.165) is 0 Å². The van der Waals surface area contributed by atoms with Crippen molar-refractivity contribution in [2.75, 3.05) is 0 Å². The number of carbonyl (C=O) groups excluding carboxylic acids is 2. The Labute approximate surface area is 263 Å². The van der Waals surface area contributed by atoms with E-state index < -0.39 is 11.9 Å². The van der Waals surface area contributed by atoms with Gasteiger partial charge in [-0.1, -0.05) is 86.6 Å². The van der Waals surface area contributed by atoms with Gasteiger partial charge in [-0.2, -0.15) is 12.1 Å². The van der Waals surface area contributed by atoms with Gasteiger partial charge in [-0.15, -0.1) is 81.2 Å². The van der Waals surface area contributed by atoms with Gasteiger partial charge in [-0.05, 0) is 11.1 Å². The number of hydrogen-bond acceptors (Lipinski definition) is 4. The molecular formula is C36H34O4SiZr-2. The molecule has 0 atom stereocenters. The number of hydrogen-bond donors (Lipinski definition) is 0. The van der Waals surface area contributed by atoms with E-state index in [1.54, 1.807) is 59.7 Å². The Hall–Kier alpha value is -3.86. The minimum atomic E-state index is -1.13. The second kappa shape index (κ2) is 18.5. The number of carbonyl (C=O) groups is 2. The molecule has 0 heterocycles. The Morgan fingerprint density at radius 1 is 0.571 bits per heavy atom. The summed E-state index contributed by atoms with van der Waals surface area (Å²) in [6, 6.07) is 41.8. The molecule has 6 heteroatoms. The van der Waals surface area contributed by atoms with Gasteiger partial charge in [0.1, 0.15) is 0 Å². The molecule has 0 aliphatic heterocycles. The third kappa shape index (κ3) is 13.2. The van der Waals surface area contributed by atoms with Gasteiger partial charge >= 0.3 is 41.9 Å². The second-order valence-corrected chi connectivity index (χ2v) is 19.0. The molecule has 0 bridgehead atoms. The molecule has 0 radical (unpaired) electrons. The fourth-order valence-electron chi connectivity index (χ4n) is 3.76. The first-order valence-electron chi connectivity index (χ1n) is 13.4. The van der Waals surface area contributed by atoms with Gasteiger partial charge in [0.15, 0.2) is 0 Å². The van der Waals surface area contributed by atoms with Crippen molar-refractivity contribution < 1.29 is 43.1 Å². The largest absolute Gasteiger partial charge is 0.545 e. The van der Waals surface area contributed by atoms with Crippen LogP contribution in [0.5, 0.6) is 0 Å². The molecule has 0 aliphatic carbocycles. The van der Waals surface area contributed by atoms with Gasteiger partial charge in [0.05, 0.1) is 11.9 Å². The molecule has 0 saturated carbocycles. The van der Waals surface area contributed by atoms with Crippen LogP contribution in [0.25, 0.3) is 21.5 Å². The van der Waals surface area contributed by atoms with Crippen molar-refractivity contribution in [2.24, 2.45) is 0 Å². The average molecular weight is 650 g/mol. The molecule has 0 N–H and O–H groups in total. The quantitative estimate of drug-likeness (QED) is 0.156. The minimum Gasteiger partial charge on any atom is -0.545 e. The maximum Gasteiger partial charge on any atom is 0.0715 e. The molecule has 0 aromatic heterocycles. The topological polar surface area (TPSA) is 80.3 Å². The number of carboxylic acids is 2. The summed E-state index contributed by atoms with van der Waals surface area (Å²) >= 11 is 1.74. The molecule has 6 rings (SSSR count). The molecule has 0 spiro atoms. The van der Waals surface area contributed by atoms with Gasteiger partial charge in [0, 0.05) is 0 Å². The maximum absolute atomic E-state index is 10.1. The van der Waals surface area contributed by atoms with Crippen LogP contribution in [0.1, 0.15) is 31.8 Å². The molecule has 6 aromatic rings. The zero-order chi connectivity index (χ0) is 30.9. The van der Waals surface area contributed by atoms with Gasteiger partial charge < -0.3 is 19.8 Å². The molecule has 0 aliphatic rings. The summed E-state index contributed by atoms with van der Waals surface area (Å²) in [6.07, 6.45) is 0. The Morgan fingerprint density at radius 2 is 0.857 bits per heavy atom. The van der Waals surface area contributed by atoms with Crippen molar-refractivity contribution in [2.45, 2.75) is 26.9 Å². The zero-order valence-corrected chi connectivity index (χ0v) is 27.8. The van der Waals surface area contributed by atoms with E-state index in [9.17, 15) is 19.8 Å². The molecule has 6 aromatic carbocycles. The van der Waals surface area contributed by atoms with E-state index in [1.165, 1.54) is 56.9 Å². The van der Waals surface area contributed by atoms with E-state index in [4.69, 9.17) is 0 Å². The number of aryl methyl sites for hydroxylation is 2. The molecule has 212 valence electrons. The first-order valence-corrected chi connectivity index (χ1v) is 19.5. The summed E-state index contributed by atoms with van der Waals surface area (Å²) in [5.74, 6) is -2.26. The van der Waals surface area contributed by atoms with Gasteiger partial charge in [0.25, 0.3) is 0 Å². The van der Waals surface area contributed by atoms with E-state index in [0.29, 0.717) is 0 Å². The predicted octanol–water partition coefficient (Wildman–Crippen LogP) is 6.62. The summed E-state index contributed by atoms with van der Waals surface area (Å²) in [5, 5.41) is 25.6. The van der Waals surface area contributed by atoms with Gasteiger partial charge in [0.2, 0.25) is 0 Å². The number of fused-ring (bicyclic) bond motifs is 2. The van der Waals surface area contributed by atoms with Crippen LogP contribution in [0.4, 0.5) is 0 Å². The molecule has 0 amide bonds. The fourth-order valence-corrected chi connectivity index (χ4v) is 3.76. The summed E-state index contributed by atoms with van der Waals surface area (Å²) < 4.78 is 0. The van der Waals surface area contributed by atoms with Crippen LogP contribution in [0.3, 0.4) is 0 Å². The van der Waals surface area contributed by atoms with Crippen LogP contribution in [0.15, 0.2) is 133 Å². The van der Waals surface area contributed by atoms with E-state index in [2.05, 4.69) is 99.7 Å². The fraction of sp³-hybridized carbons (Fsp3) is 0.111. The normalized spacial score (nSPS) is 9.48. The van der Waals surface area contributed by atoms with Gasteiger partial charge in [-0.25, -0.2) is 0 Å². The average Bonchev–Trinajstić information content (AvgIpc) is 3.55. The molecule has 0 fully saturated rings. The van der Waals surface area contributed by atoms with Crippen molar-refractivity contribution in [3.8, 4) is 0 Å². The molecular weight excluding hydrogens is 616 g/mol. The summed E-state index contributed by atoms with van der Waals surface area (Å²) in [6.45, 7) is 8.87. The number of rotatable bonds is 2. The second-order valence-electron chi connectivity index (χ2n) is 9.63. The van der Waals surface area contributed by atoms with Crippen molar-refractivity contribution in [1.29, 1.82) is 0 Å². The van der Waals surface area contributed by atoms with E-state index in [-0.39, 0.29) is 16.6 Å². The third-order valence-corrected chi connectivity index (χ3v) is 5.54. The van der Waals surface area contributed by atoms with Crippen LogP contribution >= 0.6 is 0 Å². The third-order valence-electron chi connectivity index (χ3n) is 5.54. The summed E-state index contributed by atoms with van der Waals surface area (Å²) in [4.78, 5) is 20.2. The predicted molar refractivity (Wildman–Crippen MR) is 168 cm³/mol. The Kier molecular flexibility index (Phi) is 15.2. The standard InChI is InChI=1S/2C10H9.2C7H6O2.C2H6Si.Zr/c2*1-8-6-9-4-2-3-5-10(9)7-8;2*8-7(9)6-4-2-1-3-5-6;1-3-2;/h2*2-7H,1H3;2*1-5H,(H,8,9);1-2H3;/q2*-1;;;;+2/p-2. The molecule has 42 heavy (non-hydrogen) atoms. The molecule has 4 nitrogen and oxygen atoms in total. The molecule has 0 unspecified atom stereocenters. The molecule has 0 saturated heterocycles. The van der Waals surface area contributed by atoms with Crippen molar-refractivity contribution >= 4 is 38.9 Å². The Balaban J connectivity index is 0.000000188. The zero-order valence-electron chi connectivity index (χ0n) is 24.3. The monoisotopic (exact) mass is 648 g/mol. The van der Waals surface area contributed by atoms with Crippen LogP contribution < -0.4 is 10.2 Å². The summed E-state index contributed by atoms with van der Waals surface area (Å²) in [5.41, 5.74) is 3.35.